The van der Waals surface area contributed by atoms with Crippen molar-refractivity contribution in [3.63, 3.8) is 0 Å². The van der Waals surface area contributed by atoms with Crippen LogP contribution in [0.25, 0.3) is 6.08 Å². The van der Waals surface area contributed by atoms with Gasteiger partial charge < -0.3 is 32.2 Å². The third kappa shape index (κ3) is 8.43. The predicted octanol–water partition coefficient (Wildman–Crippen LogP) is 4.85. The number of benzene rings is 2. The molecule has 0 amide bonds. The molecule has 0 aromatic heterocycles. The number of hydrogen-bond donors (Lipinski definition) is 0. The quantitative estimate of drug-likeness (QED) is 0.138. The molecule has 0 fully saturated rings. The van der Waals surface area contributed by atoms with E-state index in [4.69, 9.17) is 27.5 Å². The van der Waals surface area contributed by atoms with Gasteiger partial charge in [0.05, 0.1) is 19.8 Å². The average Bonchev–Trinajstić information content (AvgIpc) is 2.91. The van der Waals surface area contributed by atoms with Crippen molar-refractivity contribution in [3.05, 3.63) is 59.7 Å². The lowest BCUT2D eigenvalue weighted by molar-refractivity contribution is -0.134. The zero-order chi connectivity index (χ0) is 27.3. The highest BCUT2D eigenvalue weighted by Crippen LogP contribution is 2.27. The molecule has 2 rings (SSSR count). The Morgan fingerprint density at radius 1 is 0.865 bits per heavy atom. The third-order valence-electron chi connectivity index (χ3n) is 5.19. The molecule has 0 saturated heterocycles. The summed E-state index contributed by atoms with van der Waals surface area (Å²) in [5.74, 6) is 0.259. The van der Waals surface area contributed by atoms with Crippen LogP contribution in [0.4, 0.5) is 0 Å². The highest BCUT2D eigenvalue weighted by Gasteiger charge is 2.50. The molecule has 1 unspecified atom stereocenters. The Bertz CT molecular complexity index is 1020. The maximum Gasteiger partial charge on any atom is 0.543 e. The van der Waals surface area contributed by atoms with E-state index in [9.17, 15) is 9.59 Å². The van der Waals surface area contributed by atoms with Crippen LogP contribution < -0.4 is 14.2 Å². The van der Waals surface area contributed by atoms with Crippen LogP contribution in [0.5, 0.6) is 17.2 Å². The molecule has 202 valence electrons. The monoisotopic (exact) mass is 532 g/mol. The van der Waals surface area contributed by atoms with Crippen LogP contribution in [0.3, 0.4) is 0 Å². The Morgan fingerprint density at radius 3 is 1.97 bits per heavy atom. The smallest absolute Gasteiger partial charge is 0.496 e. The van der Waals surface area contributed by atoms with Gasteiger partial charge in [0.15, 0.2) is 5.73 Å². The number of rotatable bonds is 15. The van der Waals surface area contributed by atoms with Crippen molar-refractivity contribution in [1.82, 2.24) is 0 Å². The minimum absolute atomic E-state index is 0.296. The van der Waals surface area contributed by atoms with Gasteiger partial charge in [0.2, 0.25) is 0 Å². The summed E-state index contributed by atoms with van der Waals surface area (Å²) in [5, 5.41) is 0. The fourth-order valence-electron chi connectivity index (χ4n) is 3.53. The van der Waals surface area contributed by atoms with Gasteiger partial charge >= 0.3 is 20.7 Å². The van der Waals surface area contributed by atoms with E-state index in [-0.39, 0.29) is 0 Å². The average molecular weight is 533 g/mol. The molecule has 2 aromatic rings. The summed E-state index contributed by atoms with van der Waals surface area (Å²) in [5.41, 5.74) is 0.576. The second-order valence-electron chi connectivity index (χ2n) is 7.59. The molecule has 0 radical (unpaired) electrons. The lowest BCUT2D eigenvalue weighted by Gasteiger charge is -2.34. The van der Waals surface area contributed by atoms with E-state index in [0.717, 1.165) is 0 Å². The largest absolute Gasteiger partial charge is 0.543 e. The van der Waals surface area contributed by atoms with Crippen molar-refractivity contribution in [2.45, 2.75) is 39.8 Å². The van der Waals surface area contributed by atoms with Crippen LogP contribution in [-0.2, 0) is 22.8 Å². The molecule has 0 bridgehead atoms. The highest BCUT2D eigenvalue weighted by atomic mass is 28.4. The molecule has 0 aliphatic rings. The molecule has 10 heteroatoms. The van der Waals surface area contributed by atoms with E-state index in [0.29, 0.717) is 54.6 Å². The number of methoxy groups -OCH3 is 2. The molecule has 1 atom stereocenters. The first-order chi connectivity index (χ1) is 17.9. The van der Waals surface area contributed by atoms with Gasteiger partial charge in [0.25, 0.3) is 0 Å². The second-order valence-corrected chi connectivity index (χ2v) is 10.3. The van der Waals surface area contributed by atoms with E-state index < -0.39 is 26.5 Å². The number of ether oxygens (including phenoxy) is 4. The van der Waals surface area contributed by atoms with Crippen LogP contribution in [-0.4, -0.2) is 60.5 Å². The first-order valence-corrected chi connectivity index (χ1v) is 14.0. The first-order valence-electron chi connectivity index (χ1n) is 12.2. The van der Waals surface area contributed by atoms with Gasteiger partial charge in [-0.25, -0.2) is 9.59 Å². The van der Waals surface area contributed by atoms with Crippen molar-refractivity contribution in [3.8, 4) is 17.2 Å². The normalized spacial score (nSPS) is 12.3. The van der Waals surface area contributed by atoms with Crippen LogP contribution >= 0.6 is 0 Å². The fraction of sp³-hybridized carbons (Fsp3) is 0.407. The van der Waals surface area contributed by atoms with Gasteiger partial charge in [-0.15, -0.1) is 0 Å². The SMILES string of the molecule is CCO[Si](OCC)(OCC)C(CC)Oc1ccc(C(=O)Oc2ccc(/C=C/C(=O)OC)c(OC)c2)cc1. The Morgan fingerprint density at radius 2 is 1.46 bits per heavy atom. The van der Waals surface area contributed by atoms with Crippen LogP contribution in [0.15, 0.2) is 48.5 Å². The Kier molecular flexibility index (Phi) is 12.3. The molecule has 9 nitrogen and oxygen atoms in total. The zero-order valence-electron chi connectivity index (χ0n) is 22.3. The van der Waals surface area contributed by atoms with Crippen molar-refractivity contribution in [2.75, 3.05) is 34.0 Å². The molecular formula is C27H36O9Si. The summed E-state index contributed by atoms with van der Waals surface area (Å²) in [4.78, 5) is 24.1. The standard InChI is InChI=1S/C27H36O9Si/c1-7-26(37(32-8-2,33-9-3)34-10-4)35-22-15-12-21(13-16-22)27(29)36-23-17-11-20(24(19-23)30-5)14-18-25(28)31-6/h11-19,26H,7-10H2,1-6H3/b18-14+. The molecule has 2 aromatic carbocycles. The van der Waals surface area contributed by atoms with Gasteiger partial charge in [0.1, 0.15) is 17.2 Å². The van der Waals surface area contributed by atoms with Gasteiger partial charge in [-0.05, 0) is 69.7 Å². The second kappa shape index (κ2) is 15.2. The summed E-state index contributed by atoms with van der Waals surface area (Å²) in [6.45, 7) is 9.03. The van der Waals surface area contributed by atoms with Gasteiger partial charge in [-0.3, -0.25) is 0 Å². The van der Waals surface area contributed by atoms with E-state index in [1.165, 1.54) is 20.3 Å². The highest BCUT2D eigenvalue weighted by molar-refractivity contribution is 6.62. The van der Waals surface area contributed by atoms with E-state index in [2.05, 4.69) is 4.74 Å². The molecular weight excluding hydrogens is 496 g/mol. The van der Waals surface area contributed by atoms with Crippen LogP contribution in [0.2, 0.25) is 0 Å². The lowest BCUT2D eigenvalue weighted by atomic mass is 10.1. The molecule has 0 saturated carbocycles. The number of carbonyl (C=O) groups excluding carboxylic acids is 2. The van der Waals surface area contributed by atoms with E-state index in [1.54, 1.807) is 48.5 Å². The Balaban J connectivity index is 2.14. The molecule has 0 N–H and O–H groups in total. The maximum absolute atomic E-state index is 12.7. The topological polar surface area (TPSA) is 98.8 Å². The minimum atomic E-state index is -3.08. The summed E-state index contributed by atoms with van der Waals surface area (Å²) in [7, 11) is -0.297. The minimum Gasteiger partial charge on any atom is -0.496 e. The Labute approximate surface area is 219 Å². The number of hydrogen-bond acceptors (Lipinski definition) is 9. The van der Waals surface area contributed by atoms with Crippen molar-refractivity contribution < 1.29 is 41.8 Å². The molecule has 0 heterocycles. The lowest BCUT2D eigenvalue weighted by Crippen LogP contribution is -2.58. The summed E-state index contributed by atoms with van der Waals surface area (Å²) in [6.07, 6.45) is 3.46. The fourth-order valence-corrected chi connectivity index (χ4v) is 6.33. The molecule has 0 aliphatic heterocycles. The van der Waals surface area contributed by atoms with Crippen molar-refractivity contribution in [1.29, 1.82) is 0 Å². The predicted molar refractivity (Wildman–Crippen MR) is 141 cm³/mol. The Hall–Kier alpha value is -3.18. The zero-order valence-corrected chi connectivity index (χ0v) is 23.3. The summed E-state index contributed by atoms with van der Waals surface area (Å²) in [6, 6.07) is 11.5. The number of esters is 2. The molecule has 0 spiro atoms. The van der Waals surface area contributed by atoms with Crippen molar-refractivity contribution >= 4 is 26.8 Å². The maximum atomic E-state index is 12.7. The van der Waals surface area contributed by atoms with E-state index in [1.807, 2.05) is 27.7 Å². The third-order valence-corrected chi connectivity index (χ3v) is 8.57. The van der Waals surface area contributed by atoms with Gasteiger partial charge in [0, 0.05) is 37.5 Å². The van der Waals surface area contributed by atoms with E-state index >= 15 is 0 Å². The molecule has 0 aliphatic carbocycles. The summed E-state index contributed by atoms with van der Waals surface area (Å²) < 4.78 is 39.6. The van der Waals surface area contributed by atoms with Gasteiger partial charge in [-0.1, -0.05) is 6.92 Å². The van der Waals surface area contributed by atoms with Crippen LogP contribution in [0.1, 0.15) is 50.0 Å². The summed E-state index contributed by atoms with van der Waals surface area (Å²) >= 11 is 0. The number of carbonyl (C=O) groups is 2. The first kappa shape index (κ1) is 30.0. The van der Waals surface area contributed by atoms with Crippen LogP contribution in [0, 0.1) is 0 Å². The van der Waals surface area contributed by atoms with Gasteiger partial charge in [-0.2, -0.15) is 0 Å². The molecule has 37 heavy (non-hydrogen) atoms. The van der Waals surface area contributed by atoms with Crippen molar-refractivity contribution in [2.24, 2.45) is 0 Å².